The number of anilines is 1. The van der Waals surface area contributed by atoms with E-state index in [9.17, 15) is 9.90 Å². The lowest BCUT2D eigenvalue weighted by atomic mass is 10.0. The minimum atomic E-state index is -0.109. The largest absolute Gasteiger partial charge is 0.508 e. The molecule has 0 saturated carbocycles. The highest BCUT2D eigenvalue weighted by Gasteiger charge is 2.31. The predicted molar refractivity (Wildman–Crippen MR) is 67.1 cm³/mol. The van der Waals surface area contributed by atoms with Gasteiger partial charge in [-0.2, -0.15) is 0 Å². The minimum absolute atomic E-state index is 0.0561. The van der Waals surface area contributed by atoms with Crippen molar-refractivity contribution in [3.8, 4) is 5.75 Å². The molecule has 4 heteroatoms. The number of hydrogen-bond donors (Lipinski definition) is 2. The van der Waals surface area contributed by atoms with Gasteiger partial charge in [0, 0.05) is 18.8 Å². The van der Waals surface area contributed by atoms with Gasteiger partial charge in [0.2, 0.25) is 5.91 Å². The maximum absolute atomic E-state index is 12.2. The molecule has 0 spiro atoms. The Hall–Kier alpha value is -1.55. The first-order valence-electron chi connectivity index (χ1n) is 5.89. The Morgan fingerprint density at radius 3 is 2.88 bits per heavy atom. The van der Waals surface area contributed by atoms with E-state index in [0.29, 0.717) is 5.92 Å². The van der Waals surface area contributed by atoms with Crippen molar-refractivity contribution >= 4 is 11.6 Å². The second-order valence-corrected chi connectivity index (χ2v) is 4.61. The van der Waals surface area contributed by atoms with E-state index < -0.39 is 0 Å². The second kappa shape index (κ2) is 4.75. The molecule has 1 amide bonds. The average molecular weight is 234 g/mol. The first kappa shape index (κ1) is 11.9. The summed E-state index contributed by atoms with van der Waals surface area (Å²) in [6.07, 6.45) is 1.03. The van der Waals surface area contributed by atoms with Gasteiger partial charge < -0.3 is 15.3 Å². The molecule has 1 fully saturated rings. The van der Waals surface area contributed by atoms with Crippen LogP contribution < -0.4 is 10.2 Å². The van der Waals surface area contributed by atoms with Crippen molar-refractivity contribution in [1.82, 2.24) is 5.32 Å². The number of hydrogen-bond acceptors (Lipinski definition) is 3. The molecule has 1 aromatic carbocycles. The number of carbonyl (C=O) groups is 1. The smallest absolute Gasteiger partial charge is 0.244 e. The quantitative estimate of drug-likeness (QED) is 0.812. The van der Waals surface area contributed by atoms with Crippen LogP contribution in [0.15, 0.2) is 24.3 Å². The summed E-state index contributed by atoms with van der Waals surface area (Å²) in [5, 5.41) is 12.6. The number of nitrogens with zero attached hydrogens (tertiary/aromatic N) is 1. The van der Waals surface area contributed by atoms with Crippen molar-refractivity contribution in [2.75, 3.05) is 18.5 Å². The lowest BCUT2D eigenvalue weighted by Crippen LogP contribution is -2.44. The summed E-state index contributed by atoms with van der Waals surface area (Å²) in [6, 6.07) is 6.63. The summed E-state index contributed by atoms with van der Waals surface area (Å²) < 4.78 is 0. The standard InChI is InChI=1S/C13H18N2O2/c1-9-6-7-14-12(9)13(17)15(2)10-4-3-5-11(16)8-10/h3-5,8-9,12,14,16H,6-7H2,1-2H3. The molecule has 17 heavy (non-hydrogen) atoms. The third kappa shape index (κ3) is 2.42. The molecule has 0 aromatic heterocycles. The Morgan fingerprint density at radius 2 is 2.29 bits per heavy atom. The van der Waals surface area contributed by atoms with E-state index in [2.05, 4.69) is 12.2 Å². The van der Waals surface area contributed by atoms with Crippen molar-refractivity contribution in [2.24, 2.45) is 5.92 Å². The highest BCUT2D eigenvalue weighted by molar-refractivity contribution is 5.97. The van der Waals surface area contributed by atoms with Crippen molar-refractivity contribution in [3.63, 3.8) is 0 Å². The van der Waals surface area contributed by atoms with Crippen LogP contribution in [-0.4, -0.2) is 30.6 Å². The number of carbonyl (C=O) groups excluding carboxylic acids is 1. The molecule has 4 nitrogen and oxygen atoms in total. The summed E-state index contributed by atoms with van der Waals surface area (Å²) >= 11 is 0. The molecule has 0 bridgehead atoms. The molecule has 1 aliphatic heterocycles. The van der Waals surface area contributed by atoms with Crippen LogP contribution in [0.1, 0.15) is 13.3 Å². The van der Waals surface area contributed by atoms with Crippen LogP contribution >= 0.6 is 0 Å². The van der Waals surface area contributed by atoms with Crippen LogP contribution in [0.2, 0.25) is 0 Å². The molecular formula is C13H18N2O2. The van der Waals surface area contributed by atoms with Gasteiger partial charge in [0.25, 0.3) is 0 Å². The van der Waals surface area contributed by atoms with Gasteiger partial charge in [0.05, 0.1) is 6.04 Å². The zero-order valence-corrected chi connectivity index (χ0v) is 10.2. The van der Waals surface area contributed by atoms with E-state index in [1.54, 1.807) is 30.1 Å². The molecule has 0 radical (unpaired) electrons. The number of aromatic hydroxyl groups is 1. The van der Waals surface area contributed by atoms with Crippen molar-refractivity contribution in [2.45, 2.75) is 19.4 Å². The number of phenolic OH excluding ortho intramolecular Hbond substituents is 1. The van der Waals surface area contributed by atoms with E-state index in [4.69, 9.17) is 0 Å². The van der Waals surface area contributed by atoms with Crippen molar-refractivity contribution < 1.29 is 9.90 Å². The van der Waals surface area contributed by atoms with Crippen LogP contribution in [0.5, 0.6) is 5.75 Å². The molecule has 1 aromatic rings. The van der Waals surface area contributed by atoms with Gasteiger partial charge in [0.1, 0.15) is 5.75 Å². The molecule has 92 valence electrons. The zero-order chi connectivity index (χ0) is 12.4. The van der Waals surface area contributed by atoms with Crippen LogP contribution in [0.25, 0.3) is 0 Å². The van der Waals surface area contributed by atoms with Gasteiger partial charge in [0.15, 0.2) is 0 Å². The molecule has 2 atom stereocenters. The molecular weight excluding hydrogens is 216 g/mol. The first-order chi connectivity index (χ1) is 8.09. The van der Waals surface area contributed by atoms with E-state index in [1.165, 1.54) is 0 Å². The Balaban J connectivity index is 2.14. The number of benzene rings is 1. The van der Waals surface area contributed by atoms with Gasteiger partial charge in [-0.3, -0.25) is 4.79 Å². The third-order valence-electron chi connectivity index (χ3n) is 3.35. The Morgan fingerprint density at radius 1 is 1.53 bits per heavy atom. The van der Waals surface area contributed by atoms with Gasteiger partial charge >= 0.3 is 0 Å². The van der Waals surface area contributed by atoms with Crippen LogP contribution in [0.4, 0.5) is 5.69 Å². The highest BCUT2D eigenvalue weighted by Crippen LogP contribution is 2.22. The lowest BCUT2D eigenvalue weighted by molar-refractivity contribution is -0.120. The van der Waals surface area contributed by atoms with E-state index in [1.807, 2.05) is 6.07 Å². The number of phenols is 1. The minimum Gasteiger partial charge on any atom is -0.508 e. The van der Waals surface area contributed by atoms with Crippen LogP contribution in [-0.2, 0) is 4.79 Å². The second-order valence-electron chi connectivity index (χ2n) is 4.61. The summed E-state index contributed by atoms with van der Waals surface area (Å²) in [5.74, 6) is 0.595. The monoisotopic (exact) mass is 234 g/mol. The Labute approximate surface area is 101 Å². The molecule has 1 aliphatic rings. The molecule has 1 saturated heterocycles. The Bertz CT molecular complexity index is 420. The summed E-state index contributed by atoms with van der Waals surface area (Å²) in [5.41, 5.74) is 0.718. The summed E-state index contributed by atoms with van der Waals surface area (Å²) in [7, 11) is 1.74. The molecule has 2 rings (SSSR count). The normalized spacial score (nSPS) is 23.6. The van der Waals surface area contributed by atoms with Gasteiger partial charge in [-0.05, 0) is 31.0 Å². The Kier molecular flexibility index (Phi) is 3.33. The third-order valence-corrected chi connectivity index (χ3v) is 3.35. The molecule has 1 heterocycles. The number of rotatable bonds is 2. The van der Waals surface area contributed by atoms with Gasteiger partial charge in [-0.15, -0.1) is 0 Å². The van der Waals surface area contributed by atoms with E-state index in [0.717, 1.165) is 18.7 Å². The fourth-order valence-corrected chi connectivity index (χ4v) is 2.20. The summed E-state index contributed by atoms with van der Waals surface area (Å²) in [4.78, 5) is 13.8. The van der Waals surface area contributed by atoms with Crippen molar-refractivity contribution in [3.05, 3.63) is 24.3 Å². The number of nitrogens with one attached hydrogen (secondary N) is 1. The average Bonchev–Trinajstić information content (AvgIpc) is 2.73. The highest BCUT2D eigenvalue weighted by atomic mass is 16.3. The maximum atomic E-state index is 12.2. The molecule has 2 unspecified atom stereocenters. The topological polar surface area (TPSA) is 52.6 Å². The number of likely N-dealkylation sites (N-methyl/N-ethyl adjacent to an activating group) is 1. The SMILES string of the molecule is CC1CCNC1C(=O)N(C)c1cccc(O)c1. The lowest BCUT2D eigenvalue weighted by Gasteiger charge is -2.23. The zero-order valence-electron chi connectivity index (χ0n) is 10.2. The molecule has 0 aliphatic carbocycles. The van der Waals surface area contributed by atoms with Gasteiger partial charge in [-0.25, -0.2) is 0 Å². The fourth-order valence-electron chi connectivity index (χ4n) is 2.20. The van der Waals surface area contributed by atoms with Crippen LogP contribution in [0.3, 0.4) is 0 Å². The van der Waals surface area contributed by atoms with Crippen molar-refractivity contribution in [1.29, 1.82) is 0 Å². The summed E-state index contributed by atoms with van der Waals surface area (Å²) in [6.45, 7) is 2.98. The first-order valence-corrected chi connectivity index (χ1v) is 5.89. The van der Waals surface area contributed by atoms with Gasteiger partial charge in [-0.1, -0.05) is 13.0 Å². The maximum Gasteiger partial charge on any atom is 0.244 e. The number of amides is 1. The molecule has 2 N–H and O–H groups in total. The fraction of sp³-hybridized carbons (Fsp3) is 0.462. The van der Waals surface area contributed by atoms with E-state index >= 15 is 0 Å². The van der Waals surface area contributed by atoms with Crippen LogP contribution in [0, 0.1) is 5.92 Å². The van der Waals surface area contributed by atoms with E-state index in [-0.39, 0.29) is 17.7 Å². The predicted octanol–water partition coefficient (Wildman–Crippen LogP) is 1.35.